The molecule has 0 saturated carbocycles. The van der Waals surface area contributed by atoms with E-state index in [2.05, 4.69) is 0 Å². The molecule has 1 aliphatic rings. The number of phenols is 2. The smallest absolute Gasteiger partial charge is 0.203 e. The first-order valence-electron chi connectivity index (χ1n) is 8.64. The van der Waals surface area contributed by atoms with Gasteiger partial charge in [-0.15, -0.1) is 0 Å². The van der Waals surface area contributed by atoms with Gasteiger partial charge in [0, 0.05) is 11.1 Å². The number of carbonyl (C=O) groups is 1. The summed E-state index contributed by atoms with van der Waals surface area (Å²) in [7, 11) is 5.92. The molecule has 3 rings (SSSR count). The van der Waals surface area contributed by atoms with Gasteiger partial charge in [-0.25, -0.2) is 0 Å². The largest absolute Gasteiger partial charge is 0.504 e. The molecule has 148 valence electrons. The van der Waals surface area contributed by atoms with E-state index in [4.69, 9.17) is 18.9 Å². The SMILES string of the molecule is COc1ccc(C(=O)C2=CCCc3c2cc(OC)c(OC)c3OC)c(O)c1O. The number of ketones is 1. The number of allylic oxidation sites excluding steroid dienone is 2. The molecule has 28 heavy (non-hydrogen) atoms. The van der Waals surface area contributed by atoms with Crippen LogP contribution in [0.4, 0.5) is 0 Å². The van der Waals surface area contributed by atoms with E-state index in [-0.39, 0.29) is 11.3 Å². The van der Waals surface area contributed by atoms with E-state index in [0.29, 0.717) is 41.2 Å². The quantitative estimate of drug-likeness (QED) is 0.581. The Balaban J connectivity index is 2.15. The Kier molecular flexibility index (Phi) is 5.35. The Morgan fingerprint density at radius 1 is 0.893 bits per heavy atom. The summed E-state index contributed by atoms with van der Waals surface area (Å²) in [5, 5.41) is 20.3. The molecular weight excluding hydrogens is 364 g/mol. The van der Waals surface area contributed by atoms with E-state index in [0.717, 1.165) is 5.56 Å². The first-order chi connectivity index (χ1) is 13.5. The van der Waals surface area contributed by atoms with Gasteiger partial charge in [0.2, 0.25) is 11.5 Å². The van der Waals surface area contributed by atoms with Crippen molar-refractivity contribution in [3.8, 4) is 34.5 Å². The highest BCUT2D eigenvalue weighted by Gasteiger charge is 2.29. The van der Waals surface area contributed by atoms with Crippen molar-refractivity contribution >= 4 is 11.4 Å². The number of rotatable bonds is 6. The average molecular weight is 386 g/mol. The minimum absolute atomic E-state index is 0.0221. The van der Waals surface area contributed by atoms with Crippen LogP contribution >= 0.6 is 0 Å². The maximum absolute atomic E-state index is 13.2. The molecule has 0 unspecified atom stereocenters. The third-order valence-corrected chi connectivity index (χ3v) is 4.79. The lowest BCUT2D eigenvalue weighted by Gasteiger charge is -2.23. The van der Waals surface area contributed by atoms with Crippen LogP contribution < -0.4 is 18.9 Å². The Hall–Kier alpha value is -3.35. The van der Waals surface area contributed by atoms with Crippen molar-refractivity contribution in [2.24, 2.45) is 0 Å². The molecule has 7 heteroatoms. The maximum atomic E-state index is 13.2. The second kappa shape index (κ2) is 7.72. The highest BCUT2D eigenvalue weighted by molar-refractivity contribution is 6.30. The molecule has 0 aromatic heterocycles. The number of ether oxygens (including phenoxy) is 4. The van der Waals surface area contributed by atoms with E-state index in [9.17, 15) is 15.0 Å². The Morgan fingerprint density at radius 3 is 2.18 bits per heavy atom. The standard InChI is InChI=1S/C21H22O7/c1-25-15-9-8-13(18(23)19(15)24)17(22)11-6-5-7-12-14(11)10-16(26-2)21(28-4)20(12)27-3/h6,8-10,23-24H,5,7H2,1-4H3. The van der Waals surface area contributed by atoms with Crippen LogP contribution in [0, 0.1) is 0 Å². The normalized spacial score (nSPS) is 12.6. The van der Waals surface area contributed by atoms with Gasteiger partial charge < -0.3 is 29.2 Å². The second-order valence-electron chi connectivity index (χ2n) is 6.17. The molecule has 2 aromatic carbocycles. The molecule has 0 atom stereocenters. The van der Waals surface area contributed by atoms with E-state index in [1.165, 1.54) is 40.6 Å². The van der Waals surface area contributed by atoms with Crippen LogP contribution in [0.15, 0.2) is 24.3 Å². The molecule has 0 saturated heterocycles. The van der Waals surface area contributed by atoms with Gasteiger partial charge in [0.25, 0.3) is 0 Å². The summed E-state index contributed by atoms with van der Waals surface area (Å²) >= 11 is 0. The molecule has 0 spiro atoms. The van der Waals surface area contributed by atoms with E-state index in [1.807, 2.05) is 0 Å². The summed E-state index contributed by atoms with van der Waals surface area (Å²) < 4.78 is 21.3. The summed E-state index contributed by atoms with van der Waals surface area (Å²) in [4.78, 5) is 13.2. The average Bonchev–Trinajstić information content (AvgIpc) is 2.73. The fraction of sp³-hybridized carbons (Fsp3) is 0.286. The number of hydrogen-bond donors (Lipinski definition) is 2. The fourth-order valence-electron chi connectivity index (χ4n) is 3.44. The molecule has 0 amide bonds. The summed E-state index contributed by atoms with van der Waals surface area (Å²) in [5.41, 5.74) is 1.83. The molecule has 0 aliphatic heterocycles. The minimum Gasteiger partial charge on any atom is -0.504 e. The second-order valence-corrected chi connectivity index (χ2v) is 6.17. The third kappa shape index (κ3) is 2.98. The van der Waals surface area contributed by atoms with Gasteiger partial charge in [-0.3, -0.25) is 4.79 Å². The predicted octanol–water partition coefficient (Wildman–Crippen LogP) is 3.34. The van der Waals surface area contributed by atoms with Crippen LogP contribution in [0.3, 0.4) is 0 Å². The Bertz CT molecular complexity index is 960. The number of hydrogen-bond acceptors (Lipinski definition) is 7. The third-order valence-electron chi connectivity index (χ3n) is 4.79. The zero-order chi connectivity index (χ0) is 20.4. The number of Topliss-reactive ketones (excluding diaryl/α,β-unsaturated/α-hetero) is 1. The van der Waals surface area contributed by atoms with Crippen LogP contribution in [-0.4, -0.2) is 44.4 Å². The van der Waals surface area contributed by atoms with Crippen molar-refractivity contribution in [3.05, 3.63) is 41.0 Å². The number of benzene rings is 2. The molecule has 2 aromatic rings. The number of carbonyl (C=O) groups excluding carboxylic acids is 1. The van der Waals surface area contributed by atoms with Crippen molar-refractivity contribution in [1.29, 1.82) is 0 Å². The maximum Gasteiger partial charge on any atom is 0.203 e. The van der Waals surface area contributed by atoms with Crippen molar-refractivity contribution in [2.75, 3.05) is 28.4 Å². The van der Waals surface area contributed by atoms with Crippen LogP contribution in [0.2, 0.25) is 0 Å². The fourth-order valence-corrected chi connectivity index (χ4v) is 3.44. The highest BCUT2D eigenvalue weighted by atomic mass is 16.5. The summed E-state index contributed by atoms with van der Waals surface area (Å²) in [5.74, 6) is 0.0606. The zero-order valence-corrected chi connectivity index (χ0v) is 16.2. The lowest BCUT2D eigenvalue weighted by molar-refractivity contribution is 0.105. The molecular formula is C21H22O7. The summed E-state index contributed by atoms with van der Waals surface area (Å²) in [6.07, 6.45) is 3.08. The van der Waals surface area contributed by atoms with Crippen molar-refractivity contribution in [1.82, 2.24) is 0 Å². The molecule has 7 nitrogen and oxygen atoms in total. The van der Waals surface area contributed by atoms with Crippen molar-refractivity contribution < 1.29 is 34.0 Å². The monoisotopic (exact) mass is 386 g/mol. The molecule has 0 heterocycles. The summed E-state index contributed by atoms with van der Waals surface area (Å²) in [6.45, 7) is 0. The van der Waals surface area contributed by atoms with Gasteiger partial charge >= 0.3 is 0 Å². The molecule has 0 fully saturated rings. The van der Waals surface area contributed by atoms with E-state index < -0.39 is 17.3 Å². The molecule has 2 N–H and O–H groups in total. The predicted molar refractivity (Wildman–Crippen MR) is 103 cm³/mol. The Morgan fingerprint density at radius 2 is 1.57 bits per heavy atom. The van der Waals surface area contributed by atoms with Crippen molar-refractivity contribution in [3.63, 3.8) is 0 Å². The number of methoxy groups -OCH3 is 4. The van der Waals surface area contributed by atoms with Gasteiger partial charge in [0.1, 0.15) is 0 Å². The van der Waals surface area contributed by atoms with Gasteiger partial charge in [-0.2, -0.15) is 0 Å². The van der Waals surface area contributed by atoms with Crippen LogP contribution in [0.1, 0.15) is 27.9 Å². The first-order valence-corrected chi connectivity index (χ1v) is 8.64. The van der Waals surface area contributed by atoms with Crippen LogP contribution in [-0.2, 0) is 6.42 Å². The first kappa shape index (κ1) is 19.4. The molecule has 0 radical (unpaired) electrons. The van der Waals surface area contributed by atoms with Gasteiger partial charge in [-0.05, 0) is 36.6 Å². The topological polar surface area (TPSA) is 94.5 Å². The lowest BCUT2D eigenvalue weighted by Crippen LogP contribution is -2.12. The van der Waals surface area contributed by atoms with Gasteiger partial charge in [-0.1, -0.05) is 6.08 Å². The highest BCUT2D eigenvalue weighted by Crippen LogP contribution is 2.47. The minimum atomic E-state index is -0.523. The number of phenolic OH excluding ortho intramolecular Hbond substituents is 2. The number of fused-ring (bicyclic) bond motifs is 1. The van der Waals surface area contributed by atoms with Gasteiger partial charge in [0.05, 0.1) is 34.0 Å². The van der Waals surface area contributed by atoms with Crippen LogP contribution in [0.5, 0.6) is 34.5 Å². The van der Waals surface area contributed by atoms with E-state index >= 15 is 0 Å². The van der Waals surface area contributed by atoms with Crippen LogP contribution in [0.25, 0.3) is 5.57 Å². The van der Waals surface area contributed by atoms with E-state index in [1.54, 1.807) is 12.1 Å². The molecule has 0 bridgehead atoms. The number of aromatic hydroxyl groups is 2. The zero-order valence-electron chi connectivity index (χ0n) is 16.2. The van der Waals surface area contributed by atoms with Crippen molar-refractivity contribution in [2.45, 2.75) is 12.8 Å². The van der Waals surface area contributed by atoms with Gasteiger partial charge in [0.15, 0.2) is 28.8 Å². The molecule has 1 aliphatic carbocycles. The summed E-state index contributed by atoms with van der Waals surface area (Å²) in [6, 6.07) is 4.57. The lowest BCUT2D eigenvalue weighted by atomic mass is 9.85. The Labute approximate surface area is 162 Å².